The molecule has 12 fully saturated rings. The third-order valence-corrected chi connectivity index (χ3v) is 26.6. The Morgan fingerprint density at radius 3 is 0.966 bits per heavy atom. The van der Waals surface area contributed by atoms with Crippen molar-refractivity contribution in [2.24, 2.45) is 14.1 Å². The SMILES string of the molecule is Cc1ncc(CONC(=O)[C@@H]2CC[C@@H]3CN2C(=O)N3OS(=O)(=O)O)[nH]1.Cn1cnc(CONC(=O)[C@@H]2CC[C@@H]3CN2C(=O)N3OS(=O)(=O)O)c1.Cn1cncc1CONC(=O)[C@@H]1CC[C@@H]2CN1C(=O)N2OS(=O)(=O)O.Nc1nc(CONC(=O)[C@@H]2CC[C@@H]3CN2C(=O)N3OS(=O)(=O)O)cs1.O=C(NOCc1cocn1)[C@@H]1CC[C@@H]2CN1C(=O)N2OS(=O)(=O)O.O=C(NOCc1cscn1)[C@@H]1CC[C@@H]2CN1C(=O)N2OS(=O)(=O)O. The summed E-state index contributed by atoms with van der Waals surface area (Å²) < 4.78 is 216. The Kier molecular flexibility index (Phi) is 36.4. The Morgan fingerprint density at radius 1 is 0.399 bits per heavy atom. The van der Waals surface area contributed by atoms with Gasteiger partial charge >= 0.3 is 98.6 Å². The fraction of sp³-hybridized carbons (Fsp3) is 0.565. The Balaban J connectivity index is 0.000000148. The number of carbonyl (C=O) groups is 12. The minimum atomic E-state index is -4.82. The monoisotopic (exact) mass is 2260 g/mol. The number of anilines is 1. The fourth-order valence-corrected chi connectivity index (χ4v) is 20.2. The molecule has 0 radical (unpaired) electrons. The van der Waals surface area contributed by atoms with Crippen molar-refractivity contribution in [2.75, 3.05) is 45.0 Å². The van der Waals surface area contributed by atoms with Gasteiger partial charge in [0.05, 0.1) is 95.3 Å². The van der Waals surface area contributed by atoms with Crippen molar-refractivity contribution in [1.82, 2.24) is 137 Å². The van der Waals surface area contributed by atoms with Crippen molar-refractivity contribution >= 4 is 162 Å². The number of hydrogen-bond acceptors (Lipinski definition) is 46. The van der Waals surface area contributed by atoms with Crippen LogP contribution in [0.15, 0.2) is 64.6 Å². The highest BCUT2D eigenvalue weighted by atomic mass is 32.3. The van der Waals surface area contributed by atoms with Crippen LogP contribution in [0, 0.1) is 6.92 Å². The number of urea groups is 6. The molecule has 18 amide bonds. The van der Waals surface area contributed by atoms with Crippen molar-refractivity contribution in [3.8, 4) is 0 Å². The van der Waals surface area contributed by atoms with E-state index in [4.69, 9.17) is 66.5 Å². The first-order valence-corrected chi connectivity index (χ1v) is 53.2. The zero-order chi connectivity index (χ0) is 107. The van der Waals surface area contributed by atoms with Crippen LogP contribution in [0.2, 0.25) is 0 Å². The molecule has 6 aromatic rings. The number of amides is 18. The van der Waals surface area contributed by atoms with Crippen molar-refractivity contribution < 1.29 is 195 Å². The molecule has 0 unspecified atom stereocenters. The number of nitrogens with two attached hydrogens (primary N) is 1. The second-order valence-corrected chi connectivity index (χ2v) is 40.9. The van der Waals surface area contributed by atoms with Crippen LogP contribution in [0.5, 0.6) is 0 Å². The Bertz CT molecular complexity index is 6120. The van der Waals surface area contributed by atoms with Gasteiger partial charge < -0.3 is 53.7 Å². The number of nitrogen functional groups attached to an aromatic ring is 1. The number of piperidine rings is 6. The van der Waals surface area contributed by atoms with Gasteiger partial charge in [-0.15, -0.1) is 48.4 Å². The number of aromatic nitrogens is 9. The van der Waals surface area contributed by atoms with Crippen LogP contribution < -0.4 is 38.6 Å². The normalized spacial score (nSPS) is 23.3. The summed E-state index contributed by atoms with van der Waals surface area (Å²) >= 11 is 2.63. The number of hydroxylamine groups is 18. The molecule has 0 aromatic carbocycles. The second-order valence-electron chi connectivity index (χ2n) is 33.2. The summed E-state index contributed by atoms with van der Waals surface area (Å²) in [6.45, 7) is 2.81. The molecule has 79 heteroatoms. The van der Waals surface area contributed by atoms with Gasteiger partial charge in [-0.25, -0.2) is 91.6 Å². The first kappa shape index (κ1) is 112. The van der Waals surface area contributed by atoms with Gasteiger partial charge in [0.15, 0.2) is 11.5 Å². The van der Waals surface area contributed by atoms with E-state index in [1.165, 1.54) is 59.8 Å². The van der Waals surface area contributed by atoms with Gasteiger partial charge in [0.2, 0.25) is 0 Å². The molecule has 0 spiro atoms. The van der Waals surface area contributed by atoms with E-state index in [9.17, 15) is 108 Å². The van der Waals surface area contributed by atoms with E-state index in [0.29, 0.717) is 147 Å². The molecular formula is C69H94N28O43S8. The molecule has 71 nitrogen and oxygen atoms in total. The number of nitrogens with zero attached hydrogens (tertiary/aromatic N) is 20. The number of rotatable bonds is 36. The zero-order valence-electron chi connectivity index (χ0n) is 76.7. The van der Waals surface area contributed by atoms with Crippen molar-refractivity contribution in [3.05, 3.63) is 100 Å². The summed E-state index contributed by atoms with van der Waals surface area (Å²) in [4.78, 5) is 211. The maximum absolute atomic E-state index is 12.3. The van der Waals surface area contributed by atoms with E-state index < -0.39 is 207 Å². The molecular weight excluding hydrogens is 2170 g/mol. The second kappa shape index (κ2) is 47.9. The molecule has 6 aromatic heterocycles. The van der Waals surface area contributed by atoms with Gasteiger partial charge in [-0.1, -0.05) is 0 Å². The van der Waals surface area contributed by atoms with Gasteiger partial charge in [-0.05, 0) is 84.0 Å². The average Bonchev–Trinajstić information content (AvgIpc) is 1.65. The molecule has 12 bridgehead atoms. The Morgan fingerprint density at radius 2 is 0.709 bits per heavy atom. The molecule has 12 aliphatic rings. The number of oxazole rings is 1. The lowest BCUT2D eigenvalue weighted by Gasteiger charge is -2.28. The zero-order valence-corrected chi connectivity index (χ0v) is 83.3. The predicted octanol–water partition coefficient (Wildman–Crippen LogP) is -4.59. The smallest absolute Gasteiger partial charge is 0.418 e. The molecule has 0 aliphatic carbocycles. The molecule has 12 atom stereocenters. The first-order valence-electron chi connectivity index (χ1n) is 43.2. The summed E-state index contributed by atoms with van der Waals surface area (Å²) in [5, 5.41) is 7.30. The fourth-order valence-electron chi connectivity index (χ4n) is 16.7. The summed E-state index contributed by atoms with van der Waals surface area (Å²) in [6, 6.07) is -13.0. The highest BCUT2D eigenvalue weighted by Gasteiger charge is 2.56. The number of aromatic amines is 1. The van der Waals surface area contributed by atoms with Crippen molar-refractivity contribution in [1.29, 1.82) is 0 Å². The number of nitrogens with one attached hydrogen (secondary N) is 7. The van der Waals surface area contributed by atoms with Crippen LogP contribution in [0.4, 0.5) is 33.9 Å². The van der Waals surface area contributed by atoms with Crippen LogP contribution in [0.1, 0.15) is 117 Å². The third kappa shape index (κ3) is 30.1. The van der Waals surface area contributed by atoms with E-state index in [-0.39, 0.29) is 78.9 Å². The standard InChI is InChI=1S/3C12H17N5O7S.C11H15N5O7S2.C11H14N4O8S.C11H14N4O7S2/c1-15-4-8(13-7-15)6-23-14-11(18)10-3-2-9-5-16(10)12(19)17(9)24-25(20,21)22;1-15-7-13-4-9(15)6-23-14-11(18)10-3-2-8-5-16(10)12(19)17(8)24-25(20,21)22;1-7-13-4-8(14-7)6-23-15-11(18)10-3-2-9-5-16(10)12(19)17(9)24-25(20,21)22;12-10-13-6(5-24-10)4-22-14-9(17)8-2-1-7-3-15(8)11(18)16(7)23-25(19,20)21;16-10(13-22-5-7-4-21-6-12-7)9-2-1-8-3-14(9)11(17)15(8)23-24(18,19)20;16-10(13-21-4-7-5-23-6-12-7)9-2-1-8-3-14(9)11(17)15(8)22-24(18,19)20/h4,7,9-10H,2-3,5-6H2,1H3,(H,14,18)(H,20,21,22);4,7-8,10H,2-3,5-6H2,1H3,(H,14,18)(H,20,21,22);4,9-10H,2-3,5-6H2,1H3,(H,13,14)(H,15,18)(H,20,21,22);5,7-8H,1-4H2,(H2,12,13)(H,14,17)(H,19,20,21);4,6,8-9H,1-3,5H2,(H,13,16)(H,18,19,20);5-6,8-9H,1-4H2,(H,13,16)(H,18,19,20)/t9-,10+;8-,10+;9-,10+;7-,8+;2*8-,9+/m111111/s1. The van der Waals surface area contributed by atoms with E-state index in [1.54, 1.807) is 77.7 Å². The first-order chi connectivity index (χ1) is 69.7. The van der Waals surface area contributed by atoms with Gasteiger partial charge in [-0.2, -0.15) is 80.9 Å². The topological polar surface area (TPSA) is 895 Å². The largest absolute Gasteiger partial charge is 0.451 e. The maximum Gasteiger partial charge on any atom is 0.418 e. The number of imidazole rings is 3. The summed E-state index contributed by atoms with van der Waals surface area (Å²) in [5.41, 5.74) is 24.4. The van der Waals surface area contributed by atoms with Crippen LogP contribution in [-0.2, 0) is 200 Å². The van der Waals surface area contributed by atoms with Gasteiger partial charge in [0, 0.05) is 70.3 Å². The summed E-state index contributed by atoms with van der Waals surface area (Å²) in [7, 11) is -25.3. The van der Waals surface area contributed by atoms with Crippen LogP contribution >= 0.6 is 22.7 Å². The van der Waals surface area contributed by atoms with Crippen LogP contribution in [0.3, 0.4) is 0 Å². The minimum Gasteiger partial charge on any atom is -0.451 e. The van der Waals surface area contributed by atoms with Crippen molar-refractivity contribution in [2.45, 2.75) is 196 Å². The Labute approximate surface area is 843 Å². The molecule has 12 saturated heterocycles. The van der Waals surface area contributed by atoms with E-state index in [1.807, 2.05) is 0 Å². The molecule has 18 rings (SSSR count). The molecule has 18 heterocycles. The number of aryl methyl sites for hydroxylation is 3. The number of hydrogen-bond donors (Lipinski definition) is 14. The quantitative estimate of drug-likeness (QED) is 0.0130. The molecule has 148 heavy (non-hydrogen) atoms. The number of fused-ring (bicyclic) bond motifs is 12. The highest BCUT2D eigenvalue weighted by Crippen LogP contribution is 2.38. The van der Waals surface area contributed by atoms with Crippen molar-refractivity contribution in [3.63, 3.8) is 0 Å². The lowest BCUT2D eigenvalue weighted by molar-refractivity contribution is -0.140. The van der Waals surface area contributed by atoms with Gasteiger partial charge in [-0.3, -0.25) is 85.1 Å². The number of carbonyl (C=O) groups excluding carboxylic acids is 12. The predicted molar refractivity (Wildman–Crippen MR) is 473 cm³/mol. The van der Waals surface area contributed by atoms with Crippen LogP contribution in [-0.4, -0.2) is 365 Å². The van der Waals surface area contributed by atoms with Gasteiger partial charge in [0.25, 0.3) is 35.4 Å². The Hall–Kier alpha value is -12.7. The van der Waals surface area contributed by atoms with E-state index in [2.05, 4.69) is 93.5 Å². The molecule has 816 valence electrons. The number of H-pyrrole nitrogens is 1. The minimum absolute atomic E-state index is 0.0104. The molecule has 15 N–H and O–H groups in total. The average molecular weight is 2260 g/mol. The summed E-state index contributed by atoms with van der Waals surface area (Å²) in [6.07, 6.45) is 14.5. The summed E-state index contributed by atoms with van der Waals surface area (Å²) in [5.74, 6) is -2.51. The maximum atomic E-state index is 12.3. The number of thiazole rings is 2. The lowest BCUT2D eigenvalue weighted by atomic mass is 10.0. The molecule has 12 aliphatic heterocycles. The van der Waals surface area contributed by atoms with E-state index in [0.717, 1.165) is 10.6 Å². The third-order valence-electron chi connectivity index (χ3n) is 23.1. The van der Waals surface area contributed by atoms with Crippen LogP contribution in [0.25, 0.3) is 0 Å². The molecule has 0 saturated carbocycles. The lowest BCUT2D eigenvalue weighted by Crippen LogP contribution is -2.49. The van der Waals surface area contributed by atoms with Gasteiger partial charge in [0.1, 0.15) is 93.7 Å². The van der Waals surface area contributed by atoms with E-state index >= 15 is 0 Å². The highest BCUT2D eigenvalue weighted by molar-refractivity contribution is 7.82.